The van der Waals surface area contributed by atoms with Crippen LogP contribution in [0.2, 0.25) is 0 Å². The third-order valence-electron chi connectivity index (χ3n) is 2.73. The van der Waals surface area contributed by atoms with Gasteiger partial charge < -0.3 is 10.2 Å². The lowest BCUT2D eigenvalue weighted by atomic mass is 10.1. The highest BCUT2D eigenvalue weighted by Crippen LogP contribution is 2.28. The van der Waals surface area contributed by atoms with E-state index in [1.807, 2.05) is 7.05 Å². The molecule has 18 heavy (non-hydrogen) atoms. The lowest BCUT2D eigenvalue weighted by Gasteiger charge is -2.14. The van der Waals surface area contributed by atoms with Crippen molar-refractivity contribution in [2.75, 3.05) is 26.9 Å². The van der Waals surface area contributed by atoms with Gasteiger partial charge in [-0.3, -0.25) is 4.79 Å². The predicted octanol–water partition coefficient (Wildman–Crippen LogP) is 2.91. The summed E-state index contributed by atoms with van der Waals surface area (Å²) in [6, 6.07) is 6.52. The molecule has 5 heteroatoms. The fraction of sp³-hybridized carbons (Fsp3) is 0.462. The molecule has 3 nitrogen and oxygen atoms in total. The summed E-state index contributed by atoms with van der Waals surface area (Å²) in [6.45, 7) is 2.11. The smallest absolute Gasteiger partial charge is 0.232 e. The molecule has 1 unspecified atom stereocenters. The molecule has 0 aliphatic heterocycles. The number of nitrogens with one attached hydrogen (secondary N) is 1. The van der Waals surface area contributed by atoms with E-state index in [4.69, 9.17) is 0 Å². The Balaban J connectivity index is 2.70. The average Bonchev–Trinajstić information content (AvgIpc) is 2.34. The van der Waals surface area contributed by atoms with Gasteiger partial charge >= 0.3 is 0 Å². The van der Waals surface area contributed by atoms with Crippen molar-refractivity contribution in [1.82, 2.24) is 10.2 Å². The number of amides is 1. The van der Waals surface area contributed by atoms with E-state index < -0.39 is 0 Å². The summed E-state index contributed by atoms with van der Waals surface area (Å²) in [7, 11) is 5.49. The van der Waals surface area contributed by atoms with Crippen LogP contribution in [-0.2, 0) is 4.79 Å². The number of carbonyl (C=O) groups is 1. The number of hydrogen-bond acceptors (Lipinski definition) is 3. The first-order chi connectivity index (χ1) is 8.45. The minimum Gasteiger partial charge on any atom is -0.348 e. The summed E-state index contributed by atoms with van der Waals surface area (Å²) in [4.78, 5) is 14.2. The maximum atomic E-state index is 11.5. The Morgan fingerprint density at radius 3 is 2.67 bits per heavy atom. The zero-order valence-corrected chi connectivity index (χ0v) is 13.6. The van der Waals surface area contributed by atoms with Crippen LogP contribution in [0.25, 0.3) is 0 Å². The lowest BCUT2D eigenvalue weighted by molar-refractivity contribution is -0.125. The first kappa shape index (κ1) is 15.5. The first-order valence-corrected chi connectivity index (χ1v) is 7.53. The molecule has 1 aromatic carbocycles. The fourth-order valence-corrected chi connectivity index (χ4v) is 3.17. The summed E-state index contributed by atoms with van der Waals surface area (Å²) < 4.78 is 1.08. The third-order valence-corrected chi connectivity index (χ3v) is 4.40. The molecule has 0 aliphatic carbocycles. The Kier molecular flexibility index (Phi) is 6.18. The maximum absolute atomic E-state index is 11.5. The third kappa shape index (κ3) is 4.30. The Morgan fingerprint density at radius 1 is 1.50 bits per heavy atom. The van der Waals surface area contributed by atoms with Gasteiger partial charge in [-0.25, -0.2) is 0 Å². The SMILES string of the molecule is CNC(C)c1ccc(SCC(=O)N(C)C)cc1Br. The van der Waals surface area contributed by atoms with Crippen LogP contribution in [0.4, 0.5) is 0 Å². The van der Waals surface area contributed by atoms with Gasteiger partial charge in [-0.1, -0.05) is 22.0 Å². The van der Waals surface area contributed by atoms with Crippen LogP contribution in [-0.4, -0.2) is 37.7 Å². The van der Waals surface area contributed by atoms with Crippen LogP contribution in [0.3, 0.4) is 0 Å². The number of nitrogens with zero attached hydrogens (tertiary/aromatic N) is 1. The second-order valence-corrected chi connectivity index (χ2v) is 6.17. The van der Waals surface area contributed by atoms with Gasteiger partial charge in [-0.15, -0.1) is 11.8 Å². The fourth-order valence-electron chi connectivity index (χ4n) is 1.38. The minimum absolute atomic E-state index is 0.129. The first-order valence-electron chi connectivity index (χ1n) is 5.75. The van der Waals surface area contributed by atoms with Gasteiger partial charge in [0, 0.05) is 29.5 Å². The van der Waals surface area contributed by atoms with Crippen LogP contribution in [0, 0.1) is 0 Å². The summed E-state index contributed by atoms with van der Waals surface area (Å²) in [5, 5.41) is 3.21. The maximum Gasteiger partial charge on any atom is 0.232 e. The lowest BCUT2D eigenvalue weighted by Crippen LogP contribution is -2.23. The van der Waals surface area contributed by atoms with E-state index in [0.717, 1.165) is 9.37 Å². The number of hydrogen-bond donors (Lipinski definition) is 1. The highest BCUT2D eigenvalue weighted by Gasteiger charge is 2.09. The van der Waals surface area contributed by atoms with Gasteiger partial charge in [-0.05, 0) is 31.7 Å². The molecule has 0 bridgehead atoms. The monoisotopic (exact) mass is 330 g/mol. The molecule has 1 amide bonds. The molecule has 0 saturated heterocycles. The summed E-state index contributed by atoms with van der Waals surface area (Å²) in [5.41, 5.74) is 1.22. The molecule has 0 spiro atoms. The second kappa shape index (κ2) is 7.16. The Bertz CT molecular complexity index is 423. The molecular formula is C13H19BrN2OS. The summed E-state index contributed by atoms with van der Waals surface area (Å²) in [5.74, 6) is 0.601. The van der Waals surface area contributed by atoms with Crippen molar-refractivity contribution in [2.24, 2.45) is 0 Å². The molecule has 0 radical (unpaired) electrons. The largest absolute Gasteiger partial charge is 0.348 e. The van der Waals surface area contributed by atoms with Crippen LogP contribution in [0.15, 0.2) is 27.6 Å². The van der Waals surface area contributed by atoms with Gasteiger partial charge in [0.15, 0.2) is 0 Å². The molecule has 1 N–H and O–H groups in total. The average molecular weight is 331 g/mol. The number of carbonyl (C=O) groups excluding carboxylic acids is 1. The van der Waals surface area contributed by atoms with Crippen molar-refractivity contribution in [3.63, 3.8) is 0 Å². The topological polar surface area (TPSA) is 32.3 Å². The van der Waals surface area contributed by atoms with Gasteiger partial charge in [0.05, 0.1) is 5.75 Å². The zero-order chi connectivity index (χ0) is 13.7. The highest BCUT2D eigenvalue weighted by atomic mass is 79.9. The molecule has 1 rings (SSSR count). The molecule has 0 saturated carbocycles. The minimum atomic E-state index is 0.129. The van der Waals surface area contributed by atoms with E-state index in [1.165, 1.54) is 5.56 Å². The molecule has 1 atom stereocenters. The molecule has 0 aliphatic rings. The zero-order valence-electron chi connectivity index (χ0n) is 11.2. The normalized spacial score (nSPS) is 12.3. The second-order valence-electron chi connectivity index (χ2n) is 4.27. The molecule has 100 valence electrons. The van der Waals surface area contributed by atoms with Crippen molar-refractivity contribution in [2.45, 2.75) is 17.9 Å². The molecule has 0 fully saturated rings. The number of rotatable bonds is 5. The quantitative estimate of drug-likeness (QED) is 0.842. The standard InChI is InChI=1S/C13H19BrN2OS/c1-9(15-2)11-6-5-10(7-12(11)14)18-8-13(17)16(3)4/h5-7,9,15H,8H2,1-4H3. The number of thioether (sulfide) groups is 1. The summed E-state index contributed by atoms with van der Waals surface area (Å²) >= 11 is 5.13. The van der Waals surface area contributed by atoms with Crippen LogP contribution < -0.4 is 5.32 Å². The number of halogens is 1. The van der Waals surface area contributed by atoms with Gasteiger partial charge in [-0.2, -0.15) is 0 Å². The van der Waals surface area contributed by atoms with E-state index in [-0.39, 0.29) is 5.91 Å². The van der Waals surface area contributed by atoms with Crippen LogP contribution >= 0.6 is 27.7 Å². The van der Waals surface area contributed by atoms with E-state index >= 15 is 0 Å². The Morgan fingerprint density at radius 2 is 2.17 bits per heavy atom. The molecule has 0 aromatic heterocycles. The molecule has 0 heterocycles. The van der Waals surface area contributed by atoms with E-state index in [0.29, 0.717) is 11.8 Å². The van der Waals surface area contributed by atoms with Crippen molar-refractivity contribution in [3.05, 3.63) is 28.2 Å². The van der Waals surface area contributed by atoms with Gasteiger partial charge in [0.25, 0.3) is 0 Å². The van der Waals surface area contributed by atoms with Crippen molar-refractivity contribution in [3.8, 4) is 0 Å². The molecular weight excluding hydrogens is 312 g/mol. The van der Waals surface area contributed by atoms with E-state index in [2.05, 4.69) is 46.4 Å². The molecule has 1 aromatic rings. The Hall–Kier alpha value is -0.520. The van der Waals surface area contributed by atoms with Crippen molar-refractivity contribution < 1.29 is 4.79 Å². The van der Waals surface area contributed by atoms with Gasteiger partial charge in [0.1, 0.15) is 0 Å². The number of benzene rings is 1. The van der Waals surface area contributed by atoms with E-state index in [1.54, 1.807) is 30.8 Å². The highest BCUT2D eigenvalue weighted by molar-refractivity contribution is 9.10. The van der Waals surface area contributed by atoms with Crippen molar-refractivity contribution in [1.29, 1.82) is 0 Å². The van der Waals surface area contributed by atoms with E-state index in [9.17, 15) is 4.79 Å². The van der Waals surface area contributed by atoms with Crippen LogP contribution in [0.1, 0.15) is 18.5 Å². The van der Waals surface area contributed by atoms with Crippen molar-refractivity contribution >= 4 is 33.6 Å². The predicted molar refractivity (Wildman–Crippen MR) is 81.0 cm³/mol. The Labute approximate surface area is 121 Å². The van der Waals surface area contributed by atoms with Gasteiger partial charge in [0.2, 0.25) is 5.91 Å². The van der Waals surface area contributed by atoms with Crippen LogP contribution in [0.5, 0.6) is 0 Å². The summed E-state index contributed by atoms with van der Waals surface area (Å²) in [6.07, 6.45) is 0.